The van der Waals surface area contributed by atoms with Gasteiger partial charge in [0.25, 0.3) is 0 Å². The molecule has 0 atom stereocenters. The summed E-state index contributed by atoms with van der Waals surface area (Å²) in [6.45, 7) is -0.464. The van der Waals surface area contributed by atoms with Gasteiger partial charge in [0.05, 0.1) is 13.7 Å². The van der Waals surface area contributed by atoms with Crippen LogP contribution in [0.4, 0.5) is 13.2 Å². The van der Waals surface area contributed by atoms with Crippen LogP contribution >= 0.6 is 0 Å². The van der Waals surface area contributed by atoms with Gasteiger partial charge in [-0.3, -0.25) is 9.59 Å². The molecule has 1 aromatic rings. The van der Waals surface area contributed by atoms with Crippen molar-refractivity contribution in [2.75, 3.05) is 47.6 Å². The maximum Gasteiger partial charge on any atom is 0.422 e. The Kier molecular flexibility index (Phi) is 10.3. The fraction of sp³-hybridized carbons (Fsp3) is 0.579. The van der Waals surface area contributed by atoms with Gasteiger partial charge in [-0.25, -0.2) is 0 Å². The molecule has 29 heavy (non-hydrogen) atoms. The number of aryl methyl sites for hydroxylation is 1. The molecular weight excluding hydrogens is 393 g/mol. The van der Waals surface area contributed by atoms with Crippen LogP contribution in [0.3, 0.4) is 0 Å². The van der Waals surface area contributed by atoms with Gasteiger partial charge in [0.2, 0.25) is 11.8 Å². The van der Waals surface area contributed by atoms with E-state index in [9.17, 15) is 22.8 Å². The smallest absolute Gasteiger partial charge is 0.422 e. The summed E-state index contributed by atoms with van der Waals surface area (Å²) in [7, 11) is 4.43. The highest BCUT2D eigenvalue weighted by molar-refractivity contribution is 5.84. The average molecular weight is 420 g/mol. The molecule has 0 saturated heterocycles. The van der Waals surface area contributed by atoms with Crippen LogP contribution in [-0.4, -0.2) is 70.5 Å². The number of hydrogen-bond acceptors (Lipinski definition) is 5. The number of ether oxygens (including phenoxy) is 3. The van der Waals surface area contributed by atoms with Gasteiger partial charge < -0.3 is 24.4 Å². The number of amides is 2. The molecule has 2 amide bonds. The van der Waals surface area contributed by atoms with Crippen molar-refractivity contribution in [2.24, 2.45) is 0 Å². The molecule has 7 nitrogen and oxygen atoms in total. The summed E-state index contributed by atoms with van der Waals surface area (Å²) in [4.78, 5) is 25.3. The molecule has 1 aromatic carbocycles. The number of rotatable bonds is 12. The zero-order chi connectivity index (χ0) is 21.9. The summed E-state index contributed by atoms with van der Waals surface area (Å²) in [5.74, 6) is -0.358. The molecule has 0 aliphatic heterocycles. The van der Waals surface area contributed by atoms with Gasteiger partial charge in [0.1, 0.15) is 0 Å². The van der Waals surface area contributed by atoms with E-state index >= 15 is 0 Å². The summed E-state index contributed by atoms with van der Waals surface area (Å²) in [6, 6.07) is 4.48. The second kappa shape index (κ2) is 12.2. The molecule has 0 heterocycles. The second-order valence-corrected chi connectivity index (χ2v) is 6.34. The predicted molar refractivity (Wildman–Crippen MR) is 100 cm³/mol. The Labute approximate surface area is 168 Å². The molecule has 0 radical (unpaired) electrons. The van der Waals surface area contributed by atoms with Crippen molar-refractivity contribution in [3.05, 3.63) is 23.8 Å². The van der Waals surface area contributed by atoms with Crippen LogP contribution in [-0.2, 0) is 20.7 Å². The summed E-state index contributed by atoms with van der Waals surface area (Å²) in [5, 5.41) is 2.70. The molecule has 0 spiro atoms. The highest BCUT2D eigenvalue weighted by Crippen LogP contribution is 2.30. The highest BCUT2D eigenvalue weighted by atomic mass is 19.4. The number of hydrogen-bond donors (Lipinski definition) is 1. The second-order valence-electron chi connectivity index (χ2n) is 6.34. The molecular formula is C19H27F3N2O5. The number of nitrogens with one attached hydrogen (secondary N) is 1. The molecule has 0 aliphatic carbocycles. The third-order valence-corrected chi connectivity index (χ3v) is 3.90. The number of halogens is 3. The zero-order valence-electron chi connectivity index (χ0n) is 16.8. The SMILES string of the molecule is COCCCNC(=O)CN(C)C(=O)CCc1ccc(OCC(F)(F)F)c(OC)c1. The van der Waals surface area contributed by atoms with Gasteiger partial charge >= 0.3 is 6.18 Å². The van der Waals surface area contributed by atoms with Crippen LogP contribution in [0.15, 0.2) is 18.2 Å². The summed E-state index contributed by atoms with van der Waals surface area (Å²) in [5.41, 5.74) is 0.701. The Morgan fingerprint density at radius 3 is 2.52 bits per heavy atom. The maximum absolute atomic E-state index is 12.3. The van der Waals surface area contributed by atoms with E-state index in [4.69, 9.17) is 14.2 Å². The molecule has 0 saturated carbocycles. The largest absolute Gasteiger partial charge is 0.493 e. The van der Waals surface area contributed by atoms with Gasteiger partial charge in [-0.2, -0.15) is 13.2 Å². The predicted octanol–water partition coefficient (Wildman–Crippen LogP) is 2.18. The van der Waals surface area contributed by atoms with Crippen LogP contribution in [0.2, 0.25) is 0 Å². The Hall–Kier alpha value is -2.49. The van der Waals surface area contributed by atoms with Crippen molar-refractivity contribution in [2.45, 2.75) is 25.4 Å². The van der Waals surface area contributed by atoms with Crippen molar-refractivity contribution >= 4 is 11.8 Å². The van der Waals surface area contributed by atoms with E-state index in [0.29, 0.717) is 31.6 Å². The molecule has 0 aromatic heterocycles. The fourth-order valence-corrected chi connectivity index (χ4v) is 2.39. The van der Waals surface area contributed by atoms with E-state index in [2.05, 4.69) is 5.32 Å². The van der Waals surface area contributed by atoms with Crippen LogP contribution in [0, 0.1) is 0 Å². The molecule has 1 rings (SSSR count). The zero-order valence-corrected chi connectivity index (χ0v) is 16.8. The minimum Gasteiger partial charge on any atom is -0.493 e. The van der Waals surface area contributed by atoms with Crippen LogP contribution in [0.1, 0.15) is 18.4 Å². The van der Waals surface area contributed by atoms with E-state index in [0.717, 1.165) is 0 Å². The average Bonchev–Trinajstić information content (AvgIpc) is 2.67. The minimum absolute atomic E-state index is 0.0258. The van der Waals surface area contributed by atoms with Crippen molar-refractivity contribution in [1.82, 2.24) is 10.2 Å². The quantitative estimate of drug-likeness (QED) is 0.525. The Balaban J connectivity index is 2.50. The lowest BCUT2D eigenvalue weighted by Crippen LogP contribution is -2.38. The van der Waals surface area contributed by atoms with Crippen LogP contribution < -0.4 is 14.8 Å². The minimum atomic E-state index is -4.45. The van der Waals surface area contributed by atoms with Crippen molar-refractivity contribution in [3.8, 4) is 11.5 Å². The first-order valence-corrected chi connectivity index (χ1v) is 9.02. The van der Waals surface area contributed by atoms with Gasteiger partial charge in [0, 0.05) is 33.7 Å². The number of nitrogens with zero attached hydrogens (tertiary/aromatic N) is 1. The van der Waals surface area contributed by atoms with E-state index < -0.39 is 12.8 Å². The molecule has 0 bridgehead atoms. The first kappa shape index (κ1) is 24.5. The van der Waals surface area contributed by atoms with Crippen LogP contribution in [0.5, 0.6) is 11.5 Å². The maximum atomic E-state index is 12.3. The number of carbonyl (C=O) groups excluding carboxylic acids is 2. The molecule has 10 heteroatoms. The standard InChI is InChI=1S/C19H27F3N2O5/c1-24(12-17(25)23-9-4-10-27-2)18(26)8-6-14-5-7-15(16(11-14)28-3)29-13-19(20,21)22/h5,7,11H,4,6,8-10,12-13H2,1-3H3,(H,23,25). The monoisotopic (exact) mass is 420 g/mol. The van der Waals surface area contributed by atoms with Crippen molar-refractivity contribution < 1.29 is 37.0 Å². The van der Waals surface area contributed by atoms with E-state index in [1.807, 2.05) is 0 Å². The number of carbonyl (C=O) groups is 2. The number of alkyl halides is 3. The first-order chi connectivity index (χ1) is 13.7. The Morgan fingerprint density at radius 2 is 1.90 bits per heavy atom. The molecule has 0 aliphatic rings. The van der Waals surface area contributed by atoms with E-state index in [-0.39, 0.29) is 36.3 Å². The summed E-state index contributed by atoms with van der Waals surface area (Å²) in [6.07, 6.45) is -3.28. The van der Waals surface area contributed by atoms with Gasteiger partial charge in [-0.15, -0.1) is 0 Å². The third kappa shape index (κ3) is 10.0. The van der Waals surface area contributed by atoms with Crippen molar-refractivity contribution in [1.29, 1.82) is 0 Å². The van der Waals surface area contributed by atoms with Crippen LogP contribution in [0.25, 0.3) is 0 Å². The lowest BCUT2D eigenvalue weighted by Gasteiger charge is -2.17. The molecule has 1 N–H and O–H groups in total. The number of benzene rings is 1. The first-order valence-electron chi connectivity index (χ1n) is 9.02. The van der Waals surface area contributed by atoms with Crippen molar-refractivity contribution in [3.63, 3.8) is 0 Å². The highest BCUT2D eigenvalue weighted by Gasteiger charge is 2.29. The van der Waals surface area contributed by atoms with Gasteiger partial charge in [-0.05, 0) is 30.5 Å². The fourth-order valence-electron chi connectivity index (χ4n) is 2.39. The lowest BCUT2D eigenvalue weighted by molar-refractivity contribution is -0.153. The summed E-state index contributed by atoms with van der Waals surface area (Å²) >= 11 is 0. The number of methoxy groups -OCH3 is 2. The van der Waals surface area contributed by atoms with Gasteiger partial charge in [-0.1, -0.05) is 6.07 Å². The van der Waals surface area contributed by atoms with E-state index in [1.165, 1.54) is 31.2 Å². The molecule has 0 fully saturated rings. The lowest BCUT2D eigenvalue weighted by atomic mass is 10.1. The normalized spacial score (nSPS) is 11.1. The topological polar surface area (TPSA) is 77.1 Å². The Bertz CT molecular complexity index is 668. The summed E-state index contributed by atoms with van der Waals surface area (Å²) < 4.78 is 51.6. The Morgan fingerprint density at radius 1 is 1.17 bits per heavy atom. The molecule has 164 valence electrons. The molecule has 0 unspecified atom stereocenters. The van der Waals surface area contributed by atoms with E-state index in [1.54, 1.807) is 13.2 Å². The third-order valence-electron chi connectivity index (χ3n) is 3.90. The number of likely N-dealkylation sites (N-methyl/N-ethyl adjacent to an activating group) is 1. The van der Waals surface area contributed by atoms with Gasteiger partial charge in [0.15, 0.2) is 18.1 Å².